The molecule has 2 aromatic carbocycles. The normalized spacial score (nSPS) is 17.4. The lowest BCUT2D eigenvalue weighted by molar-refractivity contribution is 0.191. The van der Waals surface area contributed by atoms with Gasteiger partial charge in [0.1, 0.15) is 11.3 Å². The van der Waals surface area contributed by atoms with Crippen LogP contribution in [0.25, 0.3) is 22.5 Å². The molecule has 0 amide bonds. The third-order valence-electron chi connectivity index (χ3n) is 5.93. The molecular weight excluding hydrogens is 395 g/mol. The molecule has 0 spiro atoms. The Balaban J connectivity index is 1.16. The van der Waals surface area contributed by atoms with Crippen molar-refractivity contribution in [2.75, 3.05) is 19.6 Å². The van der Waals surface area contributed by atoms with E-state index < -0.39 is 0 Å². The Morgan fingerprint density at radius 3 is 2.94 bits per heavy atom. The van der Waals surface area contributed by atoms with Gasteiger partial charge in [0.25, 0.3) is 0 Å². The third-order valence-corrected chi connectivity index (χ3v) is 5.93. The first kappa shape index (κ1) is 19.9. The summed E-state index contributed by atoms with van der Waals surface area (Å²) in [5.41, 5.74) is 3.02. The highest BCUT2D eigenvalue weighted by Gasteiger charge is 2.25. The zero-order valence-corrected chi connectivity index (χ0v) is 17.6. The third kappa shape index (κ3) is 4.37. The number of benzene rings is 2. The Hall–Kier alpha value is -3.06. The van der Waals surface area contributed by atoms with Gasteiger partial charge in [-0.05, 0) is 63.0 Å². The molecule has 0 aliphatic carbocycles. The van der Waals surface area contributed by atoms with Gasteiger partial charge in [0.2, 0.25) is 11.7 Å². The number of aromatic nitrogens is 3. The van der Waals surface area contributed by atoms with E-state index in [9.17, 15) is 4.39 Å². The van der Waals surface area contributed by atoms with E-state index in [0.717, 1.165) is 55.9 Å². The van der Waals surface area contributed by atoms with E-state index in [-0.39, 0.29) is 5.82 Å². The van der Waals surface area contributed by atoms with Gasteiger partial charge in [0.05, 0.1) is 0 Å². The van der Waals surface area contributed by atoms with Crippen LogP contribution < -0.4 is 0 Å². The molecule has 4 aromatic rings. The summed E-state index contributed by atoms with van der Waals surface area (Å²) in [6.07, 6.45) is 3.85. The lowest BCUT2D eigenvalue weighted by atomic mass is 9.98. The van der Waals surface area contributed by atoms with Crippen molar-refractivity contribution < 1.29 is 13.3 Å². The van der Waals surface area contributed by atoms with Gasteiger partial charge in [-0.1, -0.05) is 29.4 Å². The van der Waals surface area contributed by atoms with Gasteiger partial charge in [0.15, 0.2) is 11.5 Å². The van der Waals surface area contributed by atoms with E-state index >= 15 is 0 Å². The lowest BCUT2D eigenvalue weighted by Crippen LogP contribution is -2.35. The van der Waals surface area contributed by atoms with Gasteiger partial charge in [-0.15, -0.1) is 0 Å². The van der Waals surface area contributed by atoms with E-state index in [2.05, 4.69) is 20.0 Å². The zero-order chi connectivity index (χ0) is 21.2. The second kappa shape index (κ2) is 8.59. The summed E-state index contributed by atoms with van der Waals surface area (Å²) in [5.74, 6) is 1.93. The van der Waals surface area contributed by atoms with Crippen molar-refractivity contribution in [3.05, 3.63) is 65.6 Å². The molecular formula is C24H25FN4O2. The molecule has 1 saturated heterocycles. The van der Waals surface area contributed by atoms with Crippen molar-refractivity contribution >= 4 is 11.1 Å². The van der Waals surface area contributed by atoms with E-state index in [4.69, 9.17) is 8.94 Å². The van der Waals surface area contributed by atoms with Crippen molar-refractivity contribution in [2.45, 2.75) is 38.5 Å². The molecule has 0 saturated carbocycles. The average molecular weight is 420 g/mol. The molecule has 7 heteroatoms. The number of hydrogen-bond donors (Lipinski definition) is 0. The fraction of sp³-hybridized carbons (Fsp3) is 0.375. The van der Waals surface area contributed by atoms with Crippen molar-refractivity contribution in [1.82, 2.24) is 20.0 Å². The number of aryl methyl sites for hydroxylation is 2. The van der Waals surface area contributed by atoms with Gasteiger partial charge < -0.3 is 13.8 Å². The van der Waals surface area contributed by atoms with Crippen LogP contribution in [0.5, 0.6) is 0 Å². The number of halogens is 1. The molecule has 1 aliphatic rings. The molecule has 1 fully saturated rings. The summed E-state index contributed by atoms with van der Waals surface area (Å²) in [6, 6.07) is 12.9. The van der Waals surface area contributed by atoms with Gasteiger partial charge in [0, 0.05) is 24.4 Å². The molecule has 0 radical (unpaired) electrons. The number of rotatable bonds is 6. The molecule has 0 N–H and O–H groups in total. The topological polar surface area (TPSA) is 68.2 Å². The van der Waals surface area contributed by atoms with Crippen molar-refractivity contribution in [2.24, 2.45) is 0 Å². The maximum atomic E-state index is 13.8. The summed E-state index contributed by atoms with van der Waals surface area (Å²) in [4.78, 5) is 11.6. The largest absolute Gasteiger partial charge is 0.440 e. The van der Waals surface area contributed by atoms with Gasteiger partial charge in [-0.25, -0.2) is 9.37 Å². The summed E-state index contributed by atoms with van der Waals surface area (Å²) >= 11 is 0. The molecule has 1 aliphatic heterocycles. The summed E-state index contributed by atoms with van der Waals surface area (Å²) in [6.45, 7) is 4.71. The van der Waals surface area contributed by atoms with Gasteiger partial charge >= 0.3 is 0 Å². The molecule has 5 rings (SSSR count). The average Bonchev–Trinajstić information content (AvgIpc) is 3.43. The predicted octanol–water partition coefficient (Wildman–Crippen LogP) is 5.14. The van der Waals surface area contributed by atoms with Gasteiger partial charge in [-0.3, -0.25) is 0 Å². The second-order valence-corrected chi connectivity index (χ2v) is 8.24. The summed E-state index contributed by atoms with van der Waals surface area (Å²) in [5, 5.41) is 4.01. The summed E-state index contributed by atoms with van der Waals surface area (Å²) in [7, 11) is 0. The fourth-order valence-corrected chi connectivity index (χ4v) is 4.18. The van der Waals surface area contributed by atoms with E-state index in [1.54, 1.807) is 13.0 Å². The smallest absolute Gasteiger partial charge is 0.227 e. The van der Waals surface area contributed by atoms with Crippen LogP contribution in [0.2, 0.25) is 0 Å². The number of para-hydroxylation sites is 2. The number of nitrogens with zero attached hydrogens (tertiary/aromatic N) is 4. The quantitative estimate of drug-likeness (QED) is 0.430. The highest BCUT2D eigenvalue weighted by atomic mass is 19.1. The van der Waals surface area contributed by atoms with Crippen LogP contribution in [-0.4, -0.2) is 39.7 Å². The zero-order valence-electron chi connectivity index (χ0n) is 17.6. The van der Waals surface area contributed by atoms with Gasteiger partial charge in [-0.2, -0.15) is 4.98 Å². The molecule has 3 heterocycles. The minimum Gasteiger partial charge on any atom is -0.440 e. The Bertz CT molecular complexity index is 1150. The van der Waals surface area contributed by atoms with Crippen molar-refractivity contribution in [1.29, 1.82) is 0 Å². The number of likely N-dealkylation sites (tertiary alicyclic amines) is 1. The minimum absolute atomic E-state index is 0.262. The number of fused-ring (bicyclic) bond motifs is 1. The number of oxazole rings is 1. The standard InChI is InChI=1S/C24H25FN4O2/c1-16-10-11-17(14-19(16)25)23-27-22(31-28-23)9-5-13-29-12-4-6-18(15-29)24-26-20-7-2-3-8-21(20)30-24/h2-3,7-8,10-11,14,18H,4-6,9,12-13,15H2,1H3. The Morgan fingerprint density at radius 2 is 2.06 bits per heavy atom. The molecule has 6 nitrogen and oxygen atoms in total. The van der Waals surface area contributed by atoms with Crippen molar-refractivity contribution in [3.63, 3.8) is 0 Å². The molecule has 1 unspecified atom stereocenters. The Labute approximate surface area is 180 Å². The van der Waals surface area contributed by atoms with E-state index in [1.807, 2.05) is 30.3 Å². The highest BCUT2D eigenvalue weighted by molar-refractivity contribution is 5.72. The first-order valence-electron chi connectivity index (χ1n) is 10.8. The first-order valence-corrected chi connectivity index (χ1v) is 10.8. The van der Waals surface area contributed by atoms with E-state index in [1.165, 1.54) is 6.07 Å². The molecule has 2 aromatic heterocycles. The molecule has 1 atom stereocenters. The number of hydrogen-bond acceptors (Lipinski definition) is 6. The van der Waals surface area contributed by atoms with Crippen LogP contribution in [0.1, 0.15) is 42.5 Å². The van der Waals surface area contributed by atoms with Crippen LogP contribution in [0, 0.1) is 12.7 Å². The van der Waals surface area contributed by atoms with Crippen LogP contribution in [-0.2, 0) is 6.42 Å². The Kier molecular flexibility index (Phi) is 5.51. The molecule has 31 heavy (non-hydrogen) atoms. The lowest BCUT2D eigenvalue weighted by Gasteiger charge is -2.31. The SMILES string of the molecule is Cc1ccc(-c2noc(CCCN3CCCC(c4nc5ccccc5o4)C3)n2)cc1F. The highest BCUT2D eigenvalue weighted by Crippen LogP contribution is 2.29. The van der Waals surface area contributed by atoms with Crippen LogP contribution >= 0.6 is 0 Å². The molecule has 0 bridgehead atoms. The minimum atomic E-state index is -0.262. The Morgan fingerprint density at radius 1 is 1.16 bits per heavy atom. The fourth-order valence-electron chi connectivity index (χ4n) is 4.18. The van der Waals surface area contributed by atoms with Crippen LogP contribution in [0.4, 0.5) is 4.39 Å². The second-order valence-electron chi connectivity index (χ2n) is 8.24. The molecule has 160 valence electrons. The van der Waals surface area contributed by atoms with Crippen LogP contribution in [0.15, 0.2) is 51.4 Å². The first-order chi connectivity index (χ1) is 15.2. The maximum absolute atomic E-state index is 13.8. The van der Waals surface area contributed by atoms with Crippen LogP contribution in [0.3, 0.4) is 0 Å². The van der Waals surface area contributed by atoms with Crippen molar-refractivity contribution in [3.8, 4) is 11.4 Å². The van der Waals surface area contributed by atoms with E-state index in [0.29, 0.717) is 35.2 Å². The maximum Gasteiger partial charge on any atom is 0.227 e. The monoisotopic (exact) mass is 420 g/mol. The number of piperidine rings is 1. The summed E-state index contributed by atoms with van der Waals surface area (Å²) < 4.78 is 25.2. The predicted molar refractivity (Wildman–Crippen MR) is 115 cm³/mol.